The van der Waals surface area contributed by atoms with Crippen LogP contribution in [0.3, 0.4) is 0 Å². The highest BCUT2D eigenvalue weighted by Gasteiger charge is 2.41. The van der Waals surface area contributed by atoms with E-state index in [0.717, 1.165) is 5.76 Å². The highest BCUT2D eigenvalue weighted by molar-refractivity contribution is 4.91. The van der Waals surface area contributed by atoms with E-state index in [1.54, 1.807) is 6.20 Å². The van der Waals surface area contributed by atoms with Crippen LogP contribution in [0.2, 0.25) is 0 Å². The summed E-state index contributed by atoms with van der Waals surface area (Å²) >= 11 is 0. The molecule has 1 aliphatic carbocycles. The van der Waals surface area contributed by atoms with Gasteiger partial charge in [-0.15, -0.1) is 0 Å². The number of aromatic nitrogens is 1. The third-order valence-electron chi connectivity index (χ3n) is 3.40. The van der Waals surface area contributed by atoms with Crippen molar-refractivity contribution in [1.82, 2.24) is 10.3 Å². The number of aryl methyl sites for hydroxylation is 1. The molecule has 1 heterocycles. The van der Waals surface area contributed by atoms with Crippen molar-refractivity contribution in [3.63, 3.8) is 0 Å². The first-order valence-electron chi connectivity index (χ1n) is 6.16. The van der Waals surface area contributed by atoms with E-state index in [1.807, 2.05) is 6.92 Å². The lowest BCUT2D eigenvalue weighted by molar-refractivity contribution is -0.182. The Bertz CT molecular complexity index is 381. The number of nitrogens with one attached hydrogen (secondary N) is 1. The van der Waals surface area contributed by atoms with Gasteiger partial charge in [-0.2, -0.15) is 13.2 Å². The predicted octanol–water partition coefficient (Wildman–Crippen LogP) is 3.19. The Kier molecular flexibility index (Phi) is 3.94. The second-order valence-electron chi connectivity index (χ2n) is 4.84. The predicted molar refractivity (Wildman–Crippen MR) is 59.9 cm³/mol. The van der Waals surface area contributed by atoms with Crippen molar-refractivity contribution in [1.29, 1.82) is 0 Å². The Labute approximate surface area is 104 Å². The molecule has 3 nitrogen and oxygen atoms in total. The van der Waals surface area contributed by atoms with Gasteiger partial charge in [0.25, 0.3) is 0 Å². The third-order valence-corrected chi connectivity index (χ3v) is 3.40. The average molecular weight is 262 g/mol. The number of rotatable bonds is 3. The van der Waals surface area contributed by atoms with E-state index < -0.39 is 12.1 Å². The molecular weight excluding hydrogens is 245 g/mol. The van der Waals surface area contributed by atoms with E-state index in [2.05, 4.69) is 10.3 Å². The van der Waals surface area contributed by atoms with E-state index >= 15 is 0 Å². The number of halogens is 3. The fraction of sp³-hybridized carbons (Fsp3) is 0.750. The van der Waals surface area contributed by atoms with Gasteiger partial charge in [0.15, 0.2) is 0 Å². The number of hydrogen-bond acceptors (Lipinski definition) is 3. The molecule has 2 rings (SSSR count). The molecule has 0 spiro atoms. The zero-order valence-corrected chi connectivity index (χ0v) is 10.3. The maximum absolute atomic E-state index is 12.5. The molecule has 1 aromatic rings. The van der Waals surface area contributed by atoms with E-state index in [9.17, 15) is 13.2 Å². The SMILES string of the molecule is Cc1cnc(CNC2CCC(C(F)(F)F)CC2)o1. The average Bonchev–Trinajstić information content (AvgIpc) is 2.72. The highest BCUT2D eigenvalue weighted by Crippen LogP contribution is 2.37. The van der Waals surface area contributed by atoms with Crippen LogP contribution in [0.1, 0.15) is 37.3 Å². The van der Waals surface area contributed by atoms with Crippen LogP contribution in [-0.4, -0.2) is 17.2 Å². The molecule has 0 aliphatic heterocycles. The standard InChI is InChI=1S/C12H17F3N2O/c1-8-6-17-11(18-8)7-16-10-4-2-9(3-5-10)12(13,14)15/h6,9-10,16H,2-5,7H2,1H3. The molecule has 0 bridgehead atoms. The quantitative estimate of drug-likeness (QED) is 0.909. The van der Waals surface area contributed by atoms with Gasteiger partial charge in [-0.3, -0.25) is 0 Å². The number of oxazole rings is 1. The van der Waals surface area contributed by atoms with E-state index in [1.165, 1.54) is 0 Å². The molecule has 18 heavy (non-hydrogen) atoms. The van der Waals surface area contributed by atoms with Gasteiger partial charge in [0, 0.05) is 6.04 Å². The molecule has 0 amide bonds. The lowest BCUT2D eigenvalue weighted by Crippen LogP contribution is -2.36. The van der Waals surface area contributed by atoms with Crippen LogP contribution in [-0.2, 0) is 6.54 Å². The summed E-state index contributed by atoms with van der Waals surface area (Å²) in [6, 6.07) is 0.135. The molecule has 102 valence electrons. The summed E-state index contributed by atoms with van der Waals surface area (Å²) in [6.07, 6.45) is -0.854. The Morgan fingerprint density at radius 1 is 1.33 bits per heavy atom. The summed E-state index contributed by atoms with van der Waals surface area (Å²) in [7, 11) is 0. The minimum atomic E-state index is -4.04. The van der Waals surface area contributed by atoms with Crippen LogP contribution < -0.4 is 5.32 Å². The second-order valence-corrected chi connectivity index (χ2v) is 4.84. The molecule has 6 heteroatoms. The molecule has 1 N–H and O–H groups in total. The first-order chi connectivity index (χ1) is 8.45. The first-order valence-corrected chi connectivity index (χ1v) is 6.16. The van der Waals surface area contributed by atoms with Crippen LogP contribution >= 0.6 is 0 Å². The number of hydrogen-bond donors (Lipinski definition) is 1. The van der Waals surface area contributed by atoms with E-state index in [-0.39, 0.29) is 18.9 Å². The van der Waals surface area contributed by atoms with Crippen molar-refractivity contribution >= 4 is 0 Å². The van der Waals surface area contributed by atoms with Crippen LogP contribution in [0.4, 0.5) is 13.2 Å². The molecule has 0 aromatic carbocycles. The monoisotopic (exact) mass is 262 g/mol. The zero-order valence-electron chi connectivity index (χ0n) is 10.3. The molecule has 1 saturated carbocycles. The number of nitrogens with zero attached hydrogens (tertiary/aromatic N) is 1. The van der Waals surface area contributed by atoms with Crippen molar-refractivity contribution in [3.8, 4) is 0 Å². The van der Waals surface area contributed by atoms with Crippen LogP contribution in [0.25, 0.3) is 0 Å². The molecular formula is C12H17F3N2O. The fourth-order valence-corrected chi connectivity index (χ4v) is 2.34. The summed E-state index contributed by atoms with van der Waals surface area (Å²) in [5, 5.41) is 3.20. The molecule has 1 fully saturated rings. The van der Waals surface area contributed by atoms with Crippen LogP contribution in [0.15, 0.2) is 10.6 Å². The van der Waals surface area contributed by atoms with Gasteiger partial charge >= 0.3 is 6.18 Å². The molecule has 1 aliphatic rings. The lowest BCUT2D eigenvalue weighted by atomic mass is 9.85. The minimum Gasteiger partial charge on any atom is -0.445 e. The second kappa shape index (κ2) is 5.30. The van der Waals surface area contributed by atoms with Gasteiger partial charge in [0.2, 0.25) is 5.89 Å². The van der Waals surface area contributed by atoms with Crippen molar-refractivity contribution in [2.45, 2.75) is 51.4 Å². The summed E-state index contributed by atoms with van der Waals surface area (Å²) in [4.78, 5) is 4.05. The maximum atomic E-state index is 12.5. The summed E-state index contributed by atoms with van der Waals surface area (Å²) < 4.78 is 42.7. The van der Waals surface area contributed by atoms with Crippen molar-refractivity contribution < 1.29 is 17.6 Å². The molecule has 1 aromatic heterocycles. The first kappa shape index (κ1) is 13.4. The van der Waals surface area contributed by atoms with Crippen LogP contribution in [0.5, 0.6) is 0 Å². The van der Waals surface area contributed by atoms with Gasteiger partial charge < -0.3 is 9.73 Å². The minimum absolute atomic E-state index is 0.135. The molecule has 0 unspecified atom stereocenters. The molecule has 0 atom stereocenters. The largest absolute Gasteiger partial charge is 0.445 e. The van der Waals surface area contributed by atoms with Crippen molar-refractivity contribution in [2.24, 2.45) is 5.92 Å². The Balaban J connectivity index is 1.74. The van der Waals surface area contributed by atoms with Gasteiger partial charge in [0.05, 0.1) is 18.7 Å². The lowest BCUT2D eigenvalue weighted by Gasteiger charge is -2.30. The van der Waals surface area contributed by atoms with Crippen molar-refractivity contribution in [2.75, 3.05) is 0 Å². The molecule has 0 saturated heterocycles. The smallest absolute Gasteiger partial charge is 0.391 e. The highest BCUT2D eigenvalue weighted by atomic mass is 19.4. The zero-order chi connectivity index (χ0) is 13.2. The Morgan fingerprint density at radius 2 is 2.00 bits per heavy atom. The third kappa shape index (κ3) is 3.48. The fourth-order valence-electron chi connectivity index (χ4n) is 2.34. The van der Waals surface area contributed by atoms with E-state index in [0.29, 0.717) is 25.3 Å². The Morgan fingerprint density at radius 3 is 2.50 bits per heavy atom. The maximum Gasteiger partial charge on any atom is 0.391 e. The van der Waals surface area contributed by atoms with Crippen molar-refractivity contribution in [3.05, 3.63) is 17.8 Å². The summed E-state index contributed by atoms with van der Waals surface area (Å²) in [5.74, 6) is 0.206. The van der Waals surface area contributed by atoms with E-state index in [4.69, 9.17) is 4.42 Å². The number of alkyl halides is 3. The van der Waals surface area contributed by atoms with Gasteiger partial charge in [-0.25, -0.2) is 4.98 Å². The summed E-state index contributed by atoms with van der Waals surface area (Å²) in [6.45, 7) is 2.29. The topological polar surface area (TPSA) is 38.1 Å². The Hall–Kier alpha value is -1.04. The van der Waals surface area contributed by atoms with Gasteiger partial charge in [-0.05, 0) is 32.6 Å². The van der Waals surface area contributed by atoms with Gasteiger partial charge in [0.1, 0.15) is 5.76 Å². The van der Waals surface area contributed by atoms with Crippen LogP contribution in [0, 0.1) is 12.8 Å². The van der Waals surface area contributed by atoms with Gasteiger partial charge in [-0.1, -0.05) is 0 Å². The molecule has 0 radical (unpaired) electrons. The normalized spacial score (nSPS) is 25.3. The summed E-state index contributed by atoms with van der Waals surface area (Å²) in [5.41, 5.74) is 0.